The van der Waals surface area contributed by atoms with E-state index in [-0.39, 0.29) is 4.90 Å². The Morgan fingerprint density at radius 3 is 2.27 bits per heavy atom. The minimum atomic E-state index is -3.65. The Balaban J connectivity index is 1.38. The highest BCUT2D eigenvalue weighted by atomic mass is 35.5. The normalized spacial score (nSPS) is 16.1. The summed E-state index contributed by atoms with van der Waals surface area (Å²) in [6, 6.07) is 12.2. The smallest absolute Gasteiger partial charge is 0.243 e. The van der Waals surface area contributed by atoms with E-state index in [4.69, 9.17) is 27.7 Å². The number of piperazine rings is 1. The summed E-state index contributed by atoms with van der Waals surface area (Å²) in [4.78, 5) is 6.65. The van der Waals surface area contributed by atoms with Gasteiger partial charge in [-0.05, 0) is 25.1 Å². The summed E-state index contributed by atoms with van der Waals surface area (Å²) in [6.45, 7) is 4.30. The summed E-state index contributed by atoms with van der Waals surface area (Å²) in [5, 5.41) is 4.63. The number of halogens is 2. The number of nitrogens with zero attached hydrogens (tertiary/aromatic N) is 4. The van der Waals surface area contributed by atoms with Crippen molar-refractivity contribution in [3.8, 4) is 11.4 Å². The minimum absolute atomic E-state index is 0.105. The molecule has 2 heterocycles. The van der Waals surface area contributed by atoms with Gasteiger partial charge in [0.2, 0.25) is 21.7 Å². The molecule has 0 bridgehead atoms. The van der Waals surface area contributed by atoms with Crippen molar-refractivity contribution in [1.29, 1.82) is 0 Å². The van der Waals surface area contributed by atoms with Crippen LogP contribution < -0.4 is 0 Å². The lowest BCUT2D eigenvalue weighted by atomic mass is 10.1. The zero-order valence-corrected chi connectivity index (χ0v) is 18.6. The van der Waals surface area contributed by atoms with Crippen molar-refractivity contribution < 1.29 is 12.9 Å². The second kappa shape index (κ2) is 8.64. The molecule has 1 aromatic heterocycles. The standard InChI is InChI=1S/C20H20Cl2N4O3S/c1-14-2-4-15(5-3-14)20-23-19(29-24-20)13-25-6-8-26(9-7-25)30(27,28)18-11-16(21)10-17(22)12-18/h2-5,10-12H,6-9,13H2,1H3. The molecule has 0 N–H and O–H groups in total. The second-order valence-corrected chi connectivity index (χ2v) is 9.97. The van der Waals surface area contributed by atoms with Gasteiger partial charge in [-0.1, -0.05) is 58.2 Å². The van der Waals surface area contributed by atoms with Gasteiger partial charge in [0, 0.05) is 41.8 Å². The fourth-order valence-corrected chi connectivity index (χ4v) is 5.43. The van der Waals surface area contributed by atoms with E-state index in [0.717, 1.165) is 11.1 Å². The first-order chi connectivity index (χ1) is 14.3. The predicted molar refractivity (Wildman–Crippen MR) is 115 cm³/mol. The van der Waals surface area contributed by atoms with E-state index >= 15 is 0 Å². The molecule has 0 unspecified atom stereocenters. The Morgan fingerprint density at radius 2 is 1.63 bits per heavy atom. The summed E-state index contributed by atoms with van der Waals surface area (Å²) >= 11 is 11.9. The molecule has 158 valence electrons. The molecule has 0 saturated carbocycles. The van der Waals surface area contributed by atoms with E-state index in [0.29, 0.717) is 54.5 Å². The first-order valence-corrected chi connectivity index (χ1v) is 11.6. The van der Waals surface area contributed by atoms with Gasteiger partial charge in [0.15, 0.2) is 0 Å². The van der Waals surface area contributed by atoms with Crippen LogP contribution in [0.3, 0.4) is 0 Å². The van der Waals surface area contributed by atoms with Crippen LogP contribution in [0.15, 0.2) is 51.9 Å². The lowest BCUT2D eigenvalue weighted by Crippen LogP contribution is -2.48. The van der Waals surface area contributed by atoms with Gasteiger partial charge >= 0.3 is 0 Å². The minimum Gasteiger partial charge on any atom is -0.338 e. The Bertz CT molecular complexity index is 1120. The van der Waals surface area contributed by atoms with Crippen LogP contribution in [0.25, 0.3) is 11.4 Å². The van der Waals surface area contributed by atoms with Crippen molar-refractivity contribution in [2.24, 2.45) is 0 Å². The zero-order valence-electron chi connectivity index (χ0n) is 16.3. The fourth-order valence-electron chi connectivity index (χ4n) is 3.28. The Hall–Kier alpha value is -1.97. The molecule has 30 heavy (non-hydrogen) atoms. The molecule has 0 amide bonds. The van der Waals surface area contributed by atoms with Crippen LogP contribution >= 0.6 is 23.2 Å². The monoisotopic (exact) mass is 466 g/mol. The number of benzene rings is 2. The van der Waals surface area contributed by atoms with E-state index in [1.807, 2.05) is 31.2 Å². The third kappa shape index (κ3) is 4.68. The number of hydrogen-bond donors (Lipinski definition) is 0. The summed E-state index contributed by atoms with van der Waals surface area (Å²) < 4.78 is 32.6. The SMILES string of the molecule is Cc1ccc(-c2noc(CN3CCN(S(=O)(=O)c4cc(Cl)cc(Cl)c4)CC3)n2)cc1. The molecule has 10 heteroatoms. The third-order valence-electron chi connectivity index (χ3n) is 4.94. The lowest BCUT2D eigenvalue weighted by Gasteiger charge is -2.33. The van der Waals surface area contributed by atoms with Crippen molar-refractivity contribution in [1.82, 2.24) is 19.3 Å². The van der Waals surface area contributed by atoms with Crippen LogP contribution in [0.2, 0.25) is 10.0 Å². The Kier molecular flexibility index (Phi) is 6.13. The molecule has 3 aromatic rings. The highest BCUT2D eigenvalue weighted by Gasteiger charge is 2.29. The lowest BCUT2D eigenvalue weighted by molar-refractivity contribution is 0.163. The molecular formula is C20H20Cl2N4O3S. The summed E-state index contributed by atoms with van der Waals surface area (Å²) in [5.41, 5.74) is 2.06. The molecule has 0 radical (unpaired) electrons. The van der Waals surface area contributed by atoms with Crippen molar-refractivity contribution in [3.05, 3.63) is 64.0 Å². The van der Waals surface area contributed by atoms with E-state index in [9.17, 15) is 8.42 Å². The molecule has 0 atom stereocenters. The fraction of sp³-hybridized carbons (Fsp3) is 0.300. The summed E-state index contributed by atoms with van der Waals surface area (Å²) in [7, 11) is -3.65. The van der Waals surface area contributed by atoms with Gasteiger partial charge in [0.1, 0.15) is 0 Å². The van der Waals surface area contributed by atoms with E-state index in [1.165, 1.54) is 22.5 Å². The van der Waals surface area contributed by atoms with Gasteiger partial charge in [-0.3, -0.25) is 4.90 Å². The zero-order chi connectivity index (χ0) is 21.3. The van der Waals surface area contributed by atoms with Gasteiger partial charge in [-0.2, -0.15) is 9.29 Å². The van der Waals surface area contributed by atoms with Gasteiger partial charge in [0.25, 0.3) is 0 Å². The van der Waals surface area contributed by atoms with Gasteiger partial charge in [-0.15, -0.1) is 0 Å². The molecule has 0 spiro atoms. The molecule has 4 rings (SSSR count). The van der Waals surface area contributed by atoms with Crippen LogP contribution in [-0.2, 0) is 16.6 Å². The maximum atomic E-state index is 12.9. The van der Waals surface area contributed by atoms with E-state index < -0.39 is 10.0 Å². The molecule has 2 aromatic carbocycles. The maximum absolute atomic E-state index is 12.9. The number of hydrogen-bond acceptors (Lipinski definition) is 6. The summed E-state index contributed by atoms with van der Waals surface area (Å²) in [6.07, 6.45) is 0. The van der Waals surface area contributed by atoms with Gasteiger partial charge < -0.3 is 4.52 Å². The Morgan fingerprint density at radius 1 is 1.00 bits per heavy atom. The van der Waals surface area contributed by atoms with Crippen LogP contribution in [0.5, 0.6) is 0 Å². The molecule has 1 fully saturated rings. The highest BCUT2D eigenvalue weighted by molar-refractivity contribution is 7.89. The molecular weight excluding hydrogens is 447 g/mol. The Labute approximate surface area is 185 Å². The van der Waals surface area contributed by atoms with E-state index in [1.54, 1.807) is 0 Å². The number of aromatic nitrogens is 2. The molecule has 1 aliphatic heterocycles. The average molecular weight is 467 g/mol. The number of rotatable bonds is 5. The van der Waals surface area contributed by atoms with Gasteiger partial charge in [-0.25, -0.2) is 8.42 Å². The van der Waals surface area contributed by atoms with Crippen molar-refractivity contribution in [2.75, 3.05) is 26.2 Å². The molecule has 1 saturated heterocycles. The van der Waals surface area contributed by atoms with Crippen molar-refractivity contribution in [2.45, 2.75) is 18.4 Å². The van der Waals surface area contributed by atoms with E-state index in [2.05, 4.69) is 15.0 Å². The second-order valence-electron chi connectivity index (χ2n) is 7.16. The first-order valence-electron chi connectivity index (χ1n) is 9.39. The van der Waals surface area contributed by atoms with Crippen LogP contribution in [0.1, 0.15) is 11.5 Å². The van der Waals surface area contributed by atoms with Crippen LogP contribution in [0, 0.1) is 6.92 Å². The average Bonchev–Trinajstić information content (AvgIpc) is 3.16. The number of sulfonamides is 1. The predicted octanol–water partition coefficient (Wildman–Crippen LogP) is 3.86. The van der Waals surface area contributed by atoms with Gasteiger partial charge in [0.05, 0.1) is 11.4 Å². The van der Waals surface area contributed by atoms with Crippen molar-refractivity contribution >= 4 is 33.2 Å². The molecule has 0 aliphatic carbocycles. The van der Waals surface area contributed by atoms with Crippen LogP contribution in [0.4, 0.5) is 0 Å². The quantitative estimate of drug-likeness (QED) is 0.567. The van der Waals surface area contributed by atoms with Crippen LogP contribution in [-0.4, -0.2) is 53.9 Å². The highest BCUT2D eigenvalue weighted by Crippen LogP contribution is 2.26. The third-order valence-corrected chi connectivity index (χ3v) is 7.25. The topological polar surface area (TPSA) is 79.5 Å². The first kappa shape index (κ1) is 21.3. The largest absolute Gasteiger partial charge is 0.338 e. The summed E-state index contributed by atoms with van der Waals surface area (Å²) in [5.74, 6) is 1.05. The molecule has 7 nitrogen and oxygen atoms in total. The maximum Gasteiger partial charge on any atom is 0.243 e. The molecule has 1 aliphatic rings. The number of aryl methyl sites for hydroxylation is 1. The van der Waals surface area contributed by atoms with Crippen molar-refractivity contribution in [3.63, 3.8) is 0 Å².